The maximum absolute atomic E-state index is 12.7. The molecule has 0 saturated carbocycles. The third-order valence-electron chi connectivity index (χ3n) is 5.21. The van der Waals surface area contributed by atoms with Crippen LogP contribution in [0.4, 0.5) is 11.4 Å². The lowest BCUT2D eigenvalue weighted by Crippen LogP contribution is -2.38. The van der Waals surface area contributed by atoms with E-state index in [0.29, 0.717) is 42.4 Å². The van der Waals surface area contributed by atoms with Gasteiger partial charge in [0.05, 0.1) is 19.8 Å². The van der Waals surface area contributed by atoms with Crippen molar-refractivity contribution < 1.29 is 33.4 Å². The van der Waals surface area contributed by atoms with Crippen molar-refractivity contribution in [3.8, 4) is 11.5 Å². The van der Waals surface area contributed by atoms with Crippen LogP contribution in [0.1, 0.15) is 35.3 Å². The van der Waals surface area contributed by atoms with E-state index in [9.17, 15) is 19.2 Å². The molecule has 0 unspecified atom stereocenters. The molecule has 0 fully saturated rings. The summed E-state index contributed by atoms with van der Waals surface area (Å²) in [5.41, 5.74) is 2.72. The lowest BCUT2D eigenvalue weighted by Gasteiger charge is -2.29. The summed E-state index contributed by atoms with van der Waals surface area (Å²) in [6.45, 7) is 3.04. The van der Waals surface area contributed by atoms with Crippen molar-refractivity contribution in [1.82, 2.24) is 4.90 Å². The number of benzene rings is 2. The lowest BCUT2D eigenvalue weighted by molar-refractivity contribution is -0.135. The van der Waals surface area contributed by atoms with Crippen molar-refractivity contribution in [3.05, 3.63) is 47.0 Å². The summed E-state index contributed by atoms with van der Waals surface area (Å²) in [5, 5.41) is 5.13. The molecule has 1 aliphatic heterocycles. The molecule has 180 valence electrons. The van der Waals surface area contributed by atoms with E-state index in [1.807, 2.05) is 12.1 Å². The van der Waals surface area contributed by atoms with Crippen LogP contribution in [-0.4, -0.2) is 56.0 Å². The summed E-state index contributed by atoms with van der Waals surface area (Å²) in [4.78, 5) is 49.7. The highest BCUT2D eigenvalue weighted by atomic mass is 16.5. The number of amides is 3. The Kier molecular flexibility index (Phi) is 7.72. The Bertz CT molecular complexity index is 1100. The molecule has 3 rings (SSSR count). The van der Waals surface area contributed by atoms with Crippen LogP contribution in [0, 0.1) is 0 Å². The highest BCUT2D eigenvalue weighted by Gasteiger charge is 2.24. The van der Waals surface area contributed by atoms with Crippen molar-refractivity contribution in [3.63, 3.8) is 0 Å². The van der Waals surface area contributed by atoms with Gasteiger partial charge >= 0.3 is 5.97 Å². The lowest BCUT2D eigenvalue weighted by atomic mass is 9.99. The minimum atomic E-state index is -0.754. The van der Waals surface area contributed by atoms with Crippen LogP contribution >= 0.6 is 0 Å². The van der Waals surface area contributed by atoms with Gasteiger partial charge in [-0.25, -0.2) is 4.79 Å². The highest BCUT2D eigenvalue weighted by molar-refractivity contribution is 5.98. The van der Waals surface area contributed by atoms with Crippen molar-refractivity contribution in [2.75, 3.05) is 38.0 Å². The summed E-state index contributed by atoms with van der Waals surface area (Å²) in [5.74, 6) is -0.556. The van der Waals surface area contributed by atoms with Crippen molar-refractivity contribution >= 4 is 35.1 Å². The van der Waals surface area contributed by atoms with Gasteiger partial charge in [-0.15, -0.1) is 0 Å². The monoisotopic (exact) mass is 469 g/mol. The molecular weight excluding hydrogens is 442 g/mol. The molecule has 0 aromatic heterocycles. The topological polar surface area (TPSA) is 123 Å². The Morgan fingerprint density at radius 1 is 0.853 bits per heavy atom. The number of rotatable bonds is 7. The Morgan fingerprint density at radius 2 is 1.41 bits per heavy atom. The molecule has 10 heteroatoms. The van der Waals surface area contributed by atoms with Crippen LogP contribution in [0.25, 0.3) is 0 Å². The smallest absolute Gasteiger partial charge is 0.338 e. The average Bonchev–Trinajstić information content (AvgIpc) is 2.79. The van der Waals surface area contributed by atoms with Gasteiger partial charge in [-0.3, -0.25) is 14.4 Å². The molecule has 3 amide bonds. The van der Waals surface area contributed by atoms with Crippen LogP contribution in [0.3, 0.4) is 0 Å². The van der Waals surface area contributed by atoms with Gasteiger partial charge in [0, 0.05) is 38.3 Å². The predicted octanol–water partition coefficient (Wildman–Crippen LogP) is 2.36. The summed E-state index contributed by atoms with van der Waals surface area (Å²) >= 11 is 0. The van der Waals surface area contributed by atoms with E-state index in [2.05, 4.69) is 10.6 Å². The van der Waals surface area contributed by atoms with Crippen molar-refractivity contribution in [1.29, 1.82) is 0 Å². The summed E-state index contributed by atoms with van der Waals surface area (Å²) in [6.07, 6.45) is 0.633. The van der Waals surface area contributed by atoms with Crippen molar-refractivity contribution in [2.45, 2.75) is 26.8 Å². The van der Waals surface area contributed by atoms with E-state index in [1.165, 1.54) is 32.0 Å². The van der Waals surface area contributed by atoms with Crippen LogP contribution in [0.2, 0.25) is 0 Å². The molecule has 1 aliphatic rings. The number of carbonyl (C=O) groups excluding carboxylic acids is 4. The fraction of sp³-hybridized carbons (Fsp3) is 0.333. The Morgan fingerprint density at radius 3 is 1.94 bits per heavy atom. The van der Waals surface area contributed by atoms with Gasteiger partial charge in [-0.05, 0) is 47.9 Å². The van der Waals surface area contributed by atoms with Crippen LogP contribution in [0.5, 0.6) is 11.5 Å². The van der Waals surface area contributed by atoms with E-state index in [0.717, 1.165) is 11.1 Å². The summed E-state index contributed by atoms with van der Waals surface area (Å²) in [7, 11) is 3.12. The first kappa shape index (κ1) is 24.6. The molecule has 2 aromatic rings. The standard InChI is InChI=1S/C24H27N3O7/c1-14(28)25-19-7-17(8-20(11-19)26-15(2)29)24(31)34-13-23(30)27-6-5-16-9-21(32-3)22(33-4)10-18(16)12-27/h7-11H,5-6,12-13H2,1-4H3,(H,25,28)(H,26,29). The zero-order valence-electron chi connectivity index (χ0n) is 19.5. The van der Waals surface area contributed by atoms with E-state index < -0.39 is 12.6 Å². The van der Waals surface area contributed by atoms with Gasteiger partial charge in [0.2, 0.25) is 11.8 Å². The Labute approximate surface area is 197 Å². The third-order valence-corrected chi connectivity index (χ3v) is 5.21. The van der Waals surface area contributed by atoms with Gasteiger partial charge in [-0.1, -0.05) is 0 Å². The second kappa shape index (κ2) is 10.7. The van der Waals surface area contributed by atoms with Gasteiger partial charge in [-0.2, -0.15) is 0 Å². The maximum atomic E-state index is 12.7. The molecular formula is C24H27N3O7. The molecule has 0 radical (unpaired) electrons. The van der Waals surface area contributed by atoms with E-state index >= 15 is 0 Å². The van der Waals surface area contributed by atoms with Crippen LogP contribution in [0.15, 0.2) is 30.3 Å². The quantitative estimate of drug-likeness (QED) is 0.597. The molecule has 0 saturated heterocycles. The number of fused-ring (bicyclic) bond motifs is 1. The Hall–Kier alpha value is -4.08. The first-order chi connectivity index (χ1) is 16.2. The summed E-state index contributed by atoms with van der Waals surface area (Å²) in [6, 6.07) is 8.09. The first-order valence-corrected chi connectivity index (χ1v) is 10.6. The molecule has 10 nitrogen and oxygen atoms in total. The van der Waals surface area contributed by atoms with E-state index in [4.69, 9.17) is 14.2 Å². The molecule has 2 aromatic carbocycles. The fourth-order valence-corrected chi connectivity index (χ4v) is 3.69. The number of carbonyl (C=O) groups is 4. The zero-order valence-corrected chi connectivity index (χ0v) is 19.5. The number of ether oxygens (including phenoxy) is 3. The zero-order chi connectivity index (χ0) is 24.8. The van der Waals surface area contributed by atoms with Crippen molar-refractivity contribution in [2.24, 2.45) is 0 Å². The number of methoxy groups -OCH3 is 2. The molecule has 34 heavy (non-hydrogen) atoms. The number of esters is 1. The summed E-state index contributed by atoms with van der Waals surface area (Å²) < 4.78 is 15.9. The van der Waals surface area contributed by atoms with Crippen LogP contribution < -0.4 is 20.1 Å². The third kappa shape index (κ3) is 6.03. The van der Waals surface area contributed by atoms with Gasteiger partial charge < -0.3 is 29.7 Å². The molecule has 0 aliphatic carbocycles. The second-order valence-corrected chi connectivity index (χ2v) is 7.78. The average molecular weight is 469 g/mol. The van der Waals surface area contributed by atoms with Gasteiger partial charge in [0.15, 0.2) is 18.1 Å². The Balaban J connectivity index is 1.67. The normalized spacial score (nSPS) is 12.3. The molecule has 1 heterocycles. The van der Waals surface area contributed by atoms with Crippen LogP contribution in [-0.2, 0) is 32.1 Å². The molecule has 2 N–H and O–H groups in total. The number of anilines is 2. The fourth-order valence-electron chi connectivity index (χ4n) is 3.69. The minimum absolute atomic E-state index is 0.0867. The largest absolute Gasteiger partial charge is 0.493 e. The maximum Gasteiger partial charge on any atom is 0.338 e. The van der Waals surface area contributed by atoms with Gasteiger partial charge in [0.1, 0.15) is 0 Å². The molecule has 0 atom stereocenters. The minimum Gasteiger partial charge on any atom is -0.493 e. The second-order valence-electron chi connectivity index (χ2n) is 7.78. The number of hydrogen-bond donors (Lipinski definition) is 2. The molecule has 0 spiro atoms. The first-order valence-electron chi connectivity index (χ1n) is 10.6. The van der Waals surface area contributed by atoms with Gasteiger partial charge in [0.25, 0.3) is 5.91 Å². The number of hydrogen-bond acceptors (Lipinski definition) is 7. The predicted molar refractivity (Wildman–Crippen MR) is 124 cm³/mol. The molecule has 0 bridgehead atoms. The highest BCUT2D eigenvalue weighted by Crippen LogP contribution is 2.33. The number of nitrogens with one attached hydrogen (secondary N) is 2. The van der Waals surface area contributed by atoms with E-state index in [-0.39, 0.29) is 23.3 Å². The number of nitrogens with zero attached hydrogens (tertiary/aromatic N) is 1. The SMILES string of the molecule is COc1cc2c(cc1OC)CN(C(=O)COC(=O)c1cc(NC(C)=O)cc(NC(C)=O)c1)CC2. The van der Waals surface area contributed by atoms with E-state index in [1.54, 1.807) is 19.1 Å².